The molecule has 0 radical (unpaired) electrons. The molecule has 1 spiro atoms. The Hall–Kier alpha value is -3.24. The zero-order chi connectivity index (χ0) is 25.1. The molecule has 0 N–H and O–H groups in total. The Kier molecular flexibility index (Phi) is 7.06. The van der Waals surface area contributed by atoms with Crippen molar-refractivity contribution in [2.45, 2.75) is 44.5 Å². The van der Waals surface area contributed by atoms with Gasteiger partial charge in [-0.1, -0.05) is 30.3 Å². The summed E-state index contributed by atoms with van der Waals surface area (Å²) >= 11 is 0.544. The minimum Gasteiger partial charge on any atom is -0.435 e. The van der Waals surface area contributed by atoms with E-state index in [1.165, 1.54) is 6.07 Å². The summed E-state index contributed by atoms with van der Waals surface area (Å²) in [5.74, 6) is 0.549. The first-order chi connectivity index (χ1) is 17.5. The summed E-state index contributed by atoms with van der Waals surface area (Å²) in [4.78, 5) is 18.0. The van der Waals surface area contributed by atoms with Gasteiger partial charge >= 0.3 is 18.3 Å². The van der Waals surface area contributed by atoms with Crippen molar-refractivity contribution in [1.29, 1.82) is 0 Å². The predicted molar refractivity (Wildman–Crippen MR) is 132 cm³/mol. The lowest BCUT2D eigenvalue weighted by molar-refractivity contribution is -0.125. The highest BCUT2D eigenvalue weighted by atomic mass is 32.1. The summed E-state index contributed by atoms with van der Waals surface area (Å²) in [7, 11) is 0. The van der Waals surface area contributed by atoms with E-state index in [0.717, 1.165) is 22.4 Å². The fourth-order valence-electron chi connectivity index (χ4n) is 5.29. The summed E-state index contributed by atoms with van der Waals surface area (Å²) in [6.07, 6.45) is 4.93. The highest BCUT2D eigenvalue weighted by Crippen LogP contribution is 2.49. The van der Waals surface area contributed by atoms with Crippen LogP contribution in [0, 0.1) is 0 Å². The summed E-state index contributed by atoms with van der Waals surface area (Å²) < 4.78 is 43.0. The van der Waals surface area contributed by atoms with Gasteiger partial charge in [-0.05, 0) is 55.3 Å². The van der Waals surface area contributed by atoms with Crippen LogP contribution in [0.2, 0.25) is 0 Å². The molecule has 3 aromatic rings. The zero-order valence-electron chi connectivity index (χ0n) is 19.7. The lowest BCUT2D eigenvalue weighted by Gasteiger charge is -2.38. The number of alkyl halides is 2. The SMILES string of the molecule is O=[S+]CCn1cc(CN2CCC3(CC2)C(=O)N(Cc2ccccc2)c2ccc(OC(F)F)cc23)cn1. The van der Waals surface area contributed by atoms with Gasteiger partial charge in [-0.2, -0.15) is 13.9 Å². The normalized spacial score (nSPS) is 17.1. The van der Waals surface area contributed by atoms with E-state index in [2.05, 4.69) is 14.7 Å². The number of nitrogens with zero attached hydrogens (tertiary/aromatic N) is 4. The minimum absolute atomic E-state index is 0.0122. The van der Waals surface area contributed by atoms with E-state index >= 15 is 0 Å². The number of carbonyl (C=O) groups excluding carboxylic acids is 1. The van der Waals surface area contributed by atoms with Gasteiger partial charge in [0.2, 0.25) is 11.7 Å². The first kappa shape index (κ1) is 24.5. The Morgan fingerprint density at radius 1 is 1.06 bits per heavy atom. The van der Waals surface area contributed by atoms with E-state index in [1.807, 2.05) is 42.7 Å². The Bertz CT molecular complexity index is 1230. The number of aryl methyl sites for hydroxylation is 1. The quantitative estimate of drug-likeness (QED) is 0.405. The van der Waals surface area contributed by atoms with Crippen molar-refractivity contribution < 1.29 is 22.5 Å². The topological polar surface area (TPSA) is 67.7 Å². The van der Waals surface area contributed by atoms with Crippen molar-refractivity contribution in [2.24, 2.45) is 0 Å². The van der Waals surface area contributed by atoms with E-state index in [1.54, 1.807) is 21.7 Å². The number of carbonyl (C=O) groups is 1. The van der Waals surface area contributed by atoms with Crippen LogP contribution in [0.5, 0.6) is 5.75 Å². The van der Waals surface area contributed by atoms with E-state index in [-0.39, 0.29) is 11.7 Å². The molecular weight excluding hydrogens is 486 g/mol. The highest BCUT2D eigenvalue weighted by Gasteiger charge is 2.52. The summed E-state index contributed by atoms with van der Waals surface area (Å²) in [6.45, 7) is 0.143. The first-order valence-corrected chi connectivity index (χ1v) is 12.8. The highest BCUT2D eigenvalue weighted by molar-refractivity contribution is 7.65. The average Bonchev–Trinajstić information content (AvgIpc) is 3.41. The predicted octanol–water partition coefficient (Wildman–Crippen LogP) is 3.99. The van der Waals surface area contributed by atoms with Gasteiger partial charge < -0.3 is 9.64 Å². The van der Waals surface area contributed by atoms with Gasteiger partial charge in [0.15, 0.2) is 0 Å². The number of benzene rings is 2. The minimum atomic E-state index is -2.92. The lowest BCUT2D eigenvalue weighted by atomic mass is 9.73. The van der Waals surface area contributed by atoms with Crippen molar-refractivity contribution in [2.75, 3.05) is 23.7 Å². The number of halogens is 2. The van der Waals surface area contributed by atoms with Crippen LogP contribution in [0.15, 0.2) is 60.9 Å². The van der Waals surface area contributed by atoms with Crippen molar-refractivity contribution in [3.8, 4) is 5.75 Å². The van der Waals surface area contributed by atoms with Gasteiger partial charge in [-0.25, -0.2) is 0 Å². The second-order valence-electron chi connectivity index (χ2n) is 9.23. The number of hydrogen-bond donors (Lipinski definition) is 0. The van der Waals surface area contributed by atoms with E-state index < -0.39 is 12.0 Å². The molecule has 1 amide bonds. The van der Waals surface area contributed by atoms with Gasteiger partial charge in [0.25, 0.3) is 0 Å². The van der Waals surface area contributed by atoms with Crippen LogP contribution in [0.1, 0.15) is 29.5 Å². The Labute approximate surface area is 212 Å². The molecule has 2 aromatic carbocycles. The summed E-state index contributed by atoms with van der Waals surface area (Å²) in [6, 6.07) is 14.6. The number of rotatable bonds is 9. The molecule has 0 saturated carbocycles. The van der Waals surface area contributed by atoms with Gasteiger partial charge in [-0.3, -0.25) is 14.4 Å². The third kappa shape index (κ3) is 4.87. The third-order valence-corrected chi connectivity index (χ3v) is 7.39. The second-order valence-corrected chi connectivity index (χ2v) is 9.87. The first-order valence-electron chi connectivity index (χ1n) is 11.9. The molecule has 3 heterocycles. The van der Waals surface area contributed by atoms with Crippen molar-refractivity contribution in [3.05, 3.63) is 77.6 Å². The van der Waals surface area contributed by atoms with Crippen LogP contribution in [0.25, 0.3) is 0 Å². The largest absolute Gasteiger partial charge is 0.460 e. The number of hydrogen-bond acceptors (Lipinski definition) is 5. The summed E-state index contributed by atoms with van der Waals surface area (Å²) in [5, 5.41) is 4.32. The molecule has 2 aliphatic heterocycles. The number of aromatic nitrogens is 2. The molecule has 0 unspecified atom stereocenters. The standard InChI is InChI=1S/C26H27F2N4O3S/c27-25(28)35-21-6-7-23-22(14-21)26(24(33)32(23)18-19-4-2-1-3-5-19)8-10-30(11-9-26)16-20-15-29-31(17-20)12-13-36-34/h1-7,14-15,17,25H,8-13,16,18H2/q+1. The van der Waals surface area contributed by atoms with Crippen LogP contribution >= 0.6 is 0 Å². The number of fused-ring (bicyclic) bond motifs is 2. The van der Waals surface area contributed by atoms with Gasteiger partial charge in [-0.15, -0.1) is 0 Å². The average molecular weight is 514 g/mol. The Morgan fingerprint density at radius 2 is 1.83 bits per heavy atom. The van der Waals surface area contributed by atoms with E-state index in [4.69, 9.17) is 0 Å². The third-order valence-electron chi connectivity index (χ3n) is 7.04. The maximum Gasteiger partial charge on any atom is 0.460 e. The maximum absolute atomic E-state index is 13.9. The number of likely N-dealkylation sites (tertiary alicyclic amines) is 1. The zero-order valence-corrected chi connectivity index (χ0v) is 20.5. The van der Waals surface area contributed by atoms with Gasteiger partial charge in [0, 0.05) is 28.2 Å². The molecule has 1 saturated heterocycles. The molecule has 2 aliphatic rings. The summed E-state index contributed by atoms with van der Waals surface area (Å²) in [5.41, 5.74) is 2.82. The smallest absolute Gasteiger partial charge is 0.435 e. The molecule has 0 atom stereocenters. The molecule has 36 heavy (non-hydrogen) atoms. The molecule has 1 aromatic heterocycles. The van der Waals surface area contributed by atoms with Gasteiger partial charge in [0.05, 0.1) is 24.7 Å². The molecule has 0 aliphatic carbocycles. The fourth-order valence-corrected chi connectivity index (χ4v) is 5.55. The molecule has 10 heteroatoms. The Morgan fingerprint density at radius 3 is 2.56 bits per heavy atom. The molecule has 1 fully saturated rings. The maximum atomic E-state index is 13.9. The molecule has 0 bridgehead atoms. The van der Waals surface area contributed by atoms with Crippen LogP contribution < -0.4 is 9.64 Å². The van der Waals surface area contributed by atoms with Crippen LogP contribution in [-0.4, -0.2) is 46.0 Å². The number of piperidine rings is 1. The monoisotopic (exact) mass is 513 g/mol. The number of ether oxygens (including phenoxy) is 1. The molecule has 5 rings (SSSR count). The van der Waals surface area contributed by atoms with Crippen LogP contribution in [-0.2, 0) is 45.7 Å². The molecule has 7 nitrogen and oxygen atoms in total. The molecule has 188 valence electrons. The van der Waals surface area contributed by atoms with Crippen molar-refractivity contribution in [1.82, 2.24) is 14.7 Å². The van der Waals surface area contributed by atoms with E-state index in [0.29, 0.717) is 63.0 Å². The van der Waals surface area contributed by atoms with Crippen LogP contribution in [0.4, 0.5) is 14.5 Å². The van der Waals surface area contributed by atoms with E-state index in [9.17, 15) is 17.8 Å². The molecular formula is C26H27F2N4O3S+. The number of amides is 1. The van der Waals surface area contributed by atoms with Crippen LogP contribution in [0.3, 0.4) is 0 Å². The van der Waals surface area contributed by atoms with Gasteiger partial charge in [0.1, 0.15) is 5.75 Å². The number of anilines is 1. The van der Waals surface area contributed by atoms with Crippen molar-refractivity contribution >= 4 is 23.3 Å². The van der Waals surface area contributed by atoms with Crippen molar-refractivity contribution in [3.63, 3.8) is 0 Å². The fraction of sp³-hybridized carbons (Fsp3) is 0.385. The Balaban J connectivity index is 1.37. The second kappa shape index (κ2) is 10.4. The lowest BCUT2D eigenvalue weighted by Crippen LogP contribution is -2.48.